The smallest absolute Gasteiger partial charge is 0.411 e. The summed E-state index contributed by atoms with van der Waals surface area (Å²) in [5, 5.41) is 50.9. The Balaban J connectivity index is 1.48. The van der Waals surface area contributed by atoms with Crippen molar-refractivity contribution in [1.82, 2.24) is 5.32 Å². The van der Waals surface area contributed by atoms with Gasteiger partial charge in [0.1, 0.15) is 18.8 Å². The molecule has 0 radical (unpaired) electrons. The third kappa shape index (κ3) is 3.64. The van der Waals surface area contributed by atoms with Crippen LogP contribution in [0, 0.1) is 0 Å². The first-order valence-corrected chi connectivity index (χ1v) is 9.53. The van der Waals surface area contributed by atoms with Crippen LogP contribution in [0.2, 0.25) is 0 Å². The van der Waals surface area contributed by atoms with Crippen LogP contribution >= 0.6 is 0 Å². The van der Waals surface area contributed by atoms with Crippen LogP contribution in [0.1, 0.15) is 17.0 Å². The topological polar surface area (TPSA) is 166 Å². The molecule has 2 aromatic rings. The number of aliphatic carboxylic acids is 1. The van der Waals surface area contributed by atoms with Gasteiger partial charge in [-0.15, -0.1) is 0 Å². The van der Waals surface area contributed by atoms with Gasteiger partial charge in [0.15, 0.2) is 12.2 Å². The molecule has 0 saturated carbocycles. The Bertz CT molecular complexity index is 966. The van der Waals surface area contributed by atoms with Crippen LogP contribution in [0.5, 0.6) is 0 Å². The molecule has 10 heteroatoms. The molecule has 1 amide bonds. The molecule has 1 saturated heterocycles. The van der Waals surface area contributed by atoms with Crippen molar-refractivity contribution in [2.24, 2.45) is 0 Å². The van der Waals surface area contributed by atoms with E-state index >= 15 is 0 Å². The molecular weight excluding hydrogens is 410 g/mol. The fourth-order valence-corrected chi connectivity index (χ4v) is 4.01. The van der Waals surface area contributed by atoms with Gasteiger partial charge in [-0.05, 0) is 22.3 Å². The molecule has 2 aromatic carbocycles. The van der Waals surface area contributed by atoms with Crippen molar-refractivity contribution in [3.63, 3.8) is 0 Å². The van der Waals surface area contributed by atoms with Crippen molar-refractivity contribution in [1.29, 1.82) is 0 Å². The predicted octanol–water partition coefficient (Wildman–Crippen LogP) is -0.263. The van der Waals surface area contributed by atoms with Gasteiger partial charge in [-0.3, -0.25) is 5.32 Å². The molecule has 164 valence electrons. The van der Waals surface area contributed by atoms with E-state index in [0.717, 1.165) is 22.3 Å². The third-order valence-electron chi connectivity index (χ3n) is 5.56. The summed E-state index contributed by atoms with van der Waals surface area (Å²) >= 11 is 0. The molecular formula is C21H21NO9. The number of nitrogens with one attached hydrogen (secondary N) is 1. The zero-order valence-electron chi connectivity index (χ0n) is 16.1. The minimum absolute atomic E-state index is 0.112. The van der Waals surface area contributed by atoms with E-state index in [1.807, 2.05) is 53.8 Å². The number of carbonyl (C=O) groups is 2. The zero-order valence-corrected chi connectivity index (χ0v) is 16.1. The Hall–Kier alpha value is -3.02. The van der Waals surface area contributed by atoms with Crippen molar-refractivity contribution < 1.29 is 44.6 Å². The Morgan fingerprint density at radius 1 is 0.968 bits per heavy atom. The van der Waals surface area contributed by atoms with Gasteiger partial charge in [-0.2, -0.15) is 0 Å². The van der Waals surface area contributed by atoms with Crippen molar-refractivity contribution in [2.75, 3.05) is 6.61 Å². The number of aliphatic hydroxyl groups excluding tert-OH is 3. The maximum Gasteiger partial charge on any atom is 0.411 e. The summed E-state index contributed by atoms with van der Waals surface area (Å²) in [6, 6.07) is 15.3. The van der Waals surface area contributed by atoms with Crippen LogP contribution in [0.3, 0.4) is 0 Å². The van der Waals surface area contributed by atoms with Gasteiger partial charge in [-0.25, -0.2) is 9.59 Å². The summed E-state index contributed by atoms with van der Waals surface area (Å²) in [5.41, 5.74) is 3.93. The van der Waals surface area contributed by atoms with Crippen LogP contribution in [0.25, 0.3) is 11.1 Å². The number of aliphatic hydroxyl groups is 4. The van der Waals surface area contributed by atoms with Crippen LogP contribution in [0.4, 0.5) is 4.79 Å². The number of carboxylic acids is 1. The maximum atomic E-state index is 12.3. The number of rotatable bonds is 4. The van der Waals surface area contributed by atoms with E-state index in [1.165, 1.54) is 0 Å². The summed E-state index contributed by atoms with van der Waals surface area (Å²) in [6.07, 6.45) is -9.63. The van der Waals surface area contributed by atoms with E-state index in [0.29, 0.717) is 0 Å². The standard InChI is InChI=1S/C21H21NO9/c23-15-16(24)18(25)21(29,31-17(15)19(26)27)22-20(28)30-9-14-12-7-3-1-5-10(12)11-6-2-4-8-13(11)14/h1-8,14-18,23-25,29H,9H2,(H,22,28)(H,26,27)/t15-,16-,17-,18+,21-/m0/s1. The molecule has 31 heavy (non-hydrogen) atoms. The summed E-state index contributed by atoms with van der Waals surface area (Å²) in [6.45, 7) is -0.112. The van der Waals surface area contributed by atoms with Gasteiger partial charge >= 0.3 is 12.1 Å². The molecule has 0 bridgehead atoms. The molecule has 5 atom stereocenters. The number of benzene rings is 2. The van der Waals surface area contributed by atoms with Crippen LogP contribution in [-0.2, 0) is 14.3 Å². The molecule has 2 aliphatic rings. The molecule has 0 aromatic heterocycles. The highest BCUT2D eigenvalue weighted by Crippen LogP contribution is 2.44. The minimum Gasteiger partial charge on any atom is -0.479 e. The number of alkyl carbamates (subject to hydrolysis) is 1. The summed E-state index contributed by atoms with van der Waals surface area (Å²) in [7, 11) is 0. The lowest BCUT2D eigenvalue weighted by Crippen LogP contribution is -2.72. The fourth-order valence-electron chi connectivity index (χ4n) is 4.01. The fraction of sp³-hybridized carbons (Fsp3) is 0.333. The molecule has 1 heterocycles. The lowest BCUT2D eigenvalue weighted by Gasteiger charge is -2.43. The SMILES string of the molecule is O=C(N[C@@]1(O)O[C@H](C(=O)O)[C@@H](O)[C@H](O)[C@H]1O)OCC1c2ccccc2-c2ccccc21. The highest BCUT2D eigenvalue weighted by atomic mass is 16.7. The average Bonchev–Trinajstić information content (AvgIpc) is 3.07. The minimum atomic E-state index is -2.98. The second-order valence-corrected chi connectivity index (χ2v) is 7.45. The second kappa shape index (κ2) is 7.91. The van der Waals surface area contributed by atoms with E-state index in [9.17, 15) is 30.0 Å². The Morgan fingerprint density at radius 3 is 2.06 bits per heavy atom. The van der Waals surface area contributed by atoms with Crippen molar-refractivity contribution >= 4 is 12.1 Å². The first-order valence-electron chi connectivity index (χ1n) is 9.53. The molecule has 0 spiro atoms. The number of fused-ring (bicyclic) bond motifs is 3. The molecule has 1 aliphatic carbocycles. The van der Waals surface area contributed by atoms with Crippen molar-refractivity contribution in [3.8, 4) is 11.1 Å². The first-order chi connectivity index (χ1) is 14.7. The number of carboxylic acid groups (broad SMARTS) is 1. The number of carbonyl (C=O) groups excluding carboxylic acids is 1. The molecule has 1 aliphatic heterocycles. The van der Waals surface area contributed by atoms with Gasteiger partial charge in [0, 0.05) is 5.92 Å². The molecule has 10 nitrogen and oxygen atoms in total. The average molecular weight is 431 g/mol. The van der Waals surface area contributed by atoms with Gasteiger partial charge in [0.25, 0.3) is 5.91 Å². The quantitative estimate of drug-likeness (QED) is 0.358. The van der Waals surface area contributed by atoms with E-state index in [4.69, 9.17) is 14.6 Å². The van der Waals surface area contributed by atoms with Crippen molar-refractivity contribution in [3.05, 3.63) is 59.7 Å². The second-order valence-electron chi connectivity index (χ2n) is 7.45. The number of amides is 1. The van der Waals surface area contributed by atoms with Gasteiger partial charge in [0.05, 0.1) is 0 Å². The number of ether oxygens (including phenoxy) is 2. The predicted molar refractivity (Wildman–Crippen MR) is 104 cm³/mol. The summed E-state index contributed by atoms with van der Waals surface area (Å²) in [5.74, 6) is -4.96. The van der Waals surface area contributed by atoms with E-state index < -0.39 is 42.4 Å². The lowest BCUT2D eigenvalue weighted by atomic mass is 9.96. The zero-order chi connectivity index (χ0) is 22.3. The summed E-state index contributed by atoms with van der Waals surface area (Å²) < 4.78 is 9.99. The molecule has 1 fully saturated rings. The highest BCUT2D eigenvalue weighted by Gasteiger charge is 2.56. The largest absolute Gasteiger partial charge is 0.479 e. The van der Waals surface area contributed by atoms with Gasteiger partial charge in [-0.1, -0.05) is 48.5 Å². The summed E-state index contributed by atoms with van der Waals surface area (Å²) in [4.78, 5) is 23.5. The van der Waals surface area contributed by atoms with E-state index in [1.54, 1.807) is 0 Å². The van der Waals surface area contributed by atoms with Crippen LogP contribution in [0.15, 0.2) is 48.5 Å². The van der Waals surface area contributed by atoms with E-state index in [2.05, 4.69) is 0 Å². The van der Waals surface area contributed by atoms with Crippen molar-refractivity contribution in [2.45, 2.75) is 36.2 Å². The Morgan fingerprint density at radius 2 is 1.52 bits per heavy atom. The molecule has 0 unspecified atom stereocenters. The normalized spacial score (nSPS) is 29.7. The van der Waals surface area contributed by atoms with Crippen LogP contribution in [-0.4, -0.2) is 74.5 Å². The maximum absolute atomic E-state index is 12.3. The van der Waals surface area contributed by atoms with Crippen LogP contribution < -0.4 is 5.32 Å². The third-order valence-corrected chi connectivity index (χ3v) is 5.56. The van der Waals surface area contributed by atoms with E-state index in [-0.39, 0.29) is 12.5 Å². The number of hydrogen-bond donors (Lipinski definition) is 6. The Labute approximate surface area is 176 Å². The molecule has 6 N–H and O–H groups in total. The van der Waals surface area contributed by atoms with Gasteiger partial charge in [0.2, 0.25) is 0 Å². The van der Waals surface area contributed by atoms with Gasteiger partial charge < -0.3 is 35.0 Å². The highest BCUT2D eigenvalue weighted by molar-refractivity contribution is 5.79. The lowest BCUT2D eigenvalue weighted by molar-refractivity contribution is -0.349. The first kappa shape index (κ1) is 21.2. The molecule has 4 rings (SSSR count). The Kier molecular flexibility index (Phi) is 5.42. The number of hydrogen-bond acceptors (Lipinski definition) is 8. The monoisotopic (exact) mass is 431 g/mol.